The number of rotatable bonds is 4. The lowest BCUT2D eigenvalue weighted by Gasteiger charge is -2.22. The maximum absolute atomic E-state index is 13.6. The molecule has 1 atom stereocenters. The van der Waals surface area contributed by atoms with Crippen molar-refractivity contribution in [2.24, 2.45) is 0 Å². The highest BCUT2D eigenvalue weighted by molar-refractivity contribution is 5.68. The second-order valence-electron chi connectivity index (χ2n) is 5.55. The van der Waals surface area contributed by atoms with Gasteiger partial charge in [0.05, 0.1) is 6.04 Å². The zero-order valence-electron chi connectivity index (χ0n) is 12.2. The van der Waals surface area contributed by atoms with E-state index in [-0.39, 0.29) is 12.0 Å². The van der Waals surface area contributed by atoms with Crippen molar-refractivity contribution in [3.63, 3.8) is 0 Å². The van der Waals surface area contributed by atoms with Gasteiger partial charge in [-0.05, 0) is 38.8 Å². The summed E-state index contributed by atoms with van der Waals surface area (Å²) in [6, 6.07) is 0.565. The summed E-state index contributed by atoms with van der Waals surface area (Å²) in [5.41, 5.74) is -0.738. The Hall–Kier alpha value is -1.98. The highest BCUT2D eigenvalue weighted by Crippen LogP contribution is 2.16. The highest BCUT2D eigenvalue weighted by atomic mass is 19.2. The van der Waals surface area contributed by atoms with Crippen LogP contribution in [0.2, 0.25) is 0 Å². The van der Waals surface area contributed by atoms with Gasteiger partial charge in [0.25, 0.3) is 0 Å². The molecule has 1 rings (SSSR count). The fourth-order valence-corrected chi connectivity index (χ4v) is 1.61. The maximum atomic E-state index is 13.6. The van der Waals surface area contributed by atoms with E-state index in [1.54, 1.807) is 20.8 Å². The third-order valence-corrected chi connectivity index (χ3v) is 2.52. The summed E-state index contributed by atoms with van der Waals surface area (Å²) in [6.45, 7) is 8.61. The van der Waals surface area contributed by atoms with Crippen LogP contribution in [0.15, 0.2) is 24.8 Å². The number of ether oxygens (including phenoxy) is 1. The molecule has 0 aromatic heterocycles. The van der Waals surface area contributed by atoms with Gasteiger partial charge in [0.2, 0.25) is 0 Å². The molecule has 6 heteroatoms. The minimum Gasteiger partial charge on any atom is -0.444 e. The molecular formula is C15H18F3NO2. The van der Waals surface area contributed by atoms with Crippen molar-refractivity contribution >= 4 is 6.09 Å². The van der Waals surface area contributed by atoms with Gasteiger partial charge in [-0.15, -0.1) is 6.58 Å². The first-order valence-electron chi connectivity index (χ1n) is 6.38. The summed E-state index contributed by atoms with van der Waals surface area (Å²) in [5, 5.41) is 2.47. The molecule has 116 valence electrons. The molecule has 3 nitrogen and oxygen atoms in total. The lowest BCUT2D eigenvalue weighted by molar-refractivity contribution is 0.0514. The number of benzene rings is 1. The van der Waals surface area contributed by atoms with Gasteiger partial charge in [-0.2, -0.15) is 0 Å². The lowest BCUT2D eigenvalue weighted by Crippen LogP contribution is -2.39. The molecule has 1 aromatic rings. The average molecular weight is 301 g/mol. The third-order valence-electron chi connectivity index (χ3n) is 2.52. The predicted octanol–water partition coefficient (Wildman–Crippen LogP) is 3.73. The zero-order valence-corrected chi connectivity index (χ0v) is 12.2. The van der Waals surface area contributed by atoms with Crippen LogP contribution in [0, 0.1) is 17.5 Å². The van der Waals surface area contributed by atoms with Crippen molar-refractivity contribution in [2.75, 3.05) is 0 Å². The SMILES string of the molecule is C=CC(Cc1cc(F)c(F)cc1F)NC(=O)OC(C)(C)C. The first-order chi connectivity index (χ1) is 9.62. The predicted molar refractivity (Wildman–Crippen MR) is 73.4 cm³/mol. The molecule has 0 spiro atoms. The summed E-state index contributed by atoms with van der Waals surface area (Å²) < 4.78 is 44.6. The van der Waals surface area contributed by atoms with Gasteiger partial charge in [-0.1, -0.05) is 6.08 Å². The van der Waals surface area contributed by atoms with Crippen LogP contribution in [0.25, 0.3) is 0 Å². The van der Waals surface area contributed by atoms with Gasteiger partial charge in [0, 0.05) is 6.07 Å². The van der Waals surface area contributed by atoms with Crippen molar-refractivity contribution in [2.45, 2.75) is 38.8 Å². The Morgan fingerprint density at radius 3 is 2.38 bits per heavy atom. The number of hydrogen-bond donors (Lipinski definition) is 1. The van der Waals surface area contributed by atoms with E-state index in [1.165, 1.54) is 6.08 Å². The fraction of sp³-hybridized carbons (Fsp3) is 0.400. The Balaban J connectivity index is 2.77. The van der Waals surface area contributed by atoms with Gasteiger partial charge in [-0.25, -0.2) is 18.0 Å². The minimum atomic E-state index is -1.26. The smallest absolute Gasteiger partial charge is 0.408 e. The topological polar surface area (TPSA) is 38.3 Å². The van der Waals surface area contributed by atoms with E-state index in [2.05, 4.69) is 11.9 Å². The first-order valence-corrected chi connectivity index (χ1v) is 6.38. The normalized spacial score (nSPS) is 12.7. The average Bonchev–Trinajstić information content (AvgIpc) is 2.32. The van der Waals surface area contributed by atoms with Crippen molar-refractivity contribution in [3.05, 3.63) is 47.8 Å². The van der Waals surface area contributed by atoms with Crippen LogP contribution in [0.4, 0.5) is 18.0 Å². The summed E-state index contributed by atoms with van der Waals surface area (Å²) in [7, 11) is 0. The zero-order chi connectivity index (χ0) is 16.2. The number of hydrogen-bond acceptors (Lipinski definition) is 2. The molecule has 0 saturated heterocycles. The molecular weight excluding hydrogens is 283 g/mol. The van der Waals surface area contributed by atoms with E-state index < -0.39 is 35.2 Å². The number of halogens is 3. The Morgan fingerprint density at radius 2 is 1.86 bits per heavy atom. The fourth-order valence-electron chi connectivity index (χ4n) is 1.61. The van der Waals surface area contributed by atoms with Gasteiger partial charge >= 0.3 is 6.09 Å². The Kier molecular flexibility index (Phi) is 5.41. The van der Waals surface area contributed by atoms with Crippen molar-refractivity contribution < 1.29 is 22.7 Å². The van der Waals surface area contributed by atoms with Crippen LogP contribution < -0.4 is 5.32 Å². The van der Waals surface area contributed by atoms with Crippen molar-refractivity contribution in [3.8, 4) is 0 Å². The minimum absolute atomic E-state index is 0.0603. The lowest BCUT2D eigenvalue weighted by atomic mass is 10.1. The molecule has 0 bridgehead atoms. The summed E-state index contributed by atoms with van der Waals surface area (Å²) >= 11 is 0. The van der Waals surface area contributed by atoms with Crippen LogP contribution in [0.3, 0.4) is 0 Å². The van der Waals surface area contributed by atoms with E-state index in [1.807, 2.05) is 0 Å². The van der Waals surface area contributed by atoms with E-state index in [9.17, 15) is 18.0 Å². The summed E-state index contributed by atoms with van der Waals surface area (Å²) in [4.78, 5) is 11.6. The van der Waals surface area contributed by atoms with E-state index in [0.29, 0.717) is 6.07 Å². The number of alkyl carbamates (subject to hydrolysis) is 1. The first kappa shape index (κ1) is 17.1. The van der Waals surface area contributed by atoms with E-state index >= 15 is 0 Å². The summed E-state index contributed by atoms with van der Waals surface area (Å²) in [5.74, 6) is -3.29. The van der Waals surface area contributed by atoms with Crippen LogP contribution in [0.5, 0.6) is 0 Å². The van der Waals surface area contributed by atoms with Crippen LogP contribution in [0.1, 0.15) is 26.3 Å². The molecule has 0 aliphatic heterocycles. The molecule has 0 aliphatic rings. The standard InChI is InChI=1S/C15H18F3NO2/c1-5-10(19-14(20)21-15(2,3)4)6-9-7-12(17)13(18)8-11(9)16/h5,7-8,10H,1,6H2,2-4H3,(H,19,20). The van der Waals surface area contributed by atoms with Crippen molar-refractivity contribution in [1.82, 2.24) is 5.32 Å². The van der Waals surface area contributed by atoms with Gasteiger partial charge in [0.1, 0.15) is 11.4 Å². The quantitative estimate of drug-likeness (QED) is 0.680. The number of amides is 1. The van der Waals surface area contributed by atoms with Crippen molar-refractivity contribution in [1.29, 1.82) is 0 Å². The second-order valence-corrected chi connectivity index (χ2v) is 5.55. The third kappa shape index (κ3) is 5.49. The largest absolute Gasteiger partial charge is 0.444 e. The van der Waals surface area contributed by atoms with Crippen LogP contribution >= 0.6 is 0 Å². The maximum Gasteiger partial charge on any atom is 0.408 e. The molecule has 0 aliphatic carbocycles. The van der Waals surface area contributed by atoms with Crippen LogP contribution in [-0.2, 0) is 11.2 Å². The van der Waals surface area contributed by atoms with Gasteiger partial charge in [-0.3, -0.25) is 0 Å². The molecule has 0 heterocycles. The Labute approximate surface area is 121 Å². The summed E-state index contributed by atoms with van der Waals surface area (Å²) in [6.07, 6.45) is 0.603. The molecule has 21 heavy (non-hydrogen) atoms. The van der Waals surface area contributed by atoms with Gasteiger partial charge in [0.15, 0.2) is 11.6 Å². The highest BCUT2D eigenvalue weighted by Gasteiger charge is 2.19. The van der Waals surface area contributed by atoms with E-state index in [0.717, 1.165) is 6.07 Å². The Bertz CT molecular complexity index is 538. The molecule has 1 unspecified atom stereocenters. The number of carbonyl (C=O) groups excluding carboxylic acids is 1. The number of nitrogens with one attached hydrogen (secondary N) is 1. The Morgan fingerprint density at radius 1 is 1.29 bits per heavy atom. The monoisotopic (exact) mass is 301 g/mol. The molecule has 1 amide bonds. The van der Waals surface area contributed by atoms with E-state index in [4.69, 9.17) is 4.74 Å². The molecule has 1 N–H and O–H groups in total. The molecule has 1 aromatic carbocycles. The van der Waals surface area contributed by atoms with Gasteiger partial charge < -0.3 is 10.1 Å². The molecule has 0 fully saturated rings. The molecule has 0 saturated carbocycles. The molecule has 0 radical (unpaired) electrons. The second kappa shape index (κ2) is 6.65. The number of carbonyl (C=O) groups is 1. The van der Waals surface area contributed by atoms with Crippen LogP contribution in [-0.4, -0.2) is 17.7 Å².